The molecule has 0 atom stereocenters. The lowest BCUT2D eigenvalue weighted by atomic mass is 10.1. The number of anilines is 1. The van der Waals surface area contributed by atoms with E-state index in [1.807, 2.05) is 18.2 Å². The maximum atomic E-state index is 13.7. The van der Waals surface area contributed by atoms with Crippen molar-refractivity contribution in [2.45, 2.75) is 12.8 Å². The minimum atomic E-state index is -0.606. The van der Waals surface area contributed by atoms with Crippen molar-refractivity contribution >= 4 is 28.3 Å². The fourth-order valence-corrected chi connectivity index (χ4v) is 3.57. The van der Waals surface area contributed by atoms with Gasteiger partial charge in [0.15, 0.2) is 16.6 Å². The number of rotatable bonds is 9. The van der Waals surface area contributed by atoms with Crippen LogP contribution in [0.25, 0.3) is 0 Å². The highest BCUT2D eigenvalue weighted by Crippen LogP contribution is 2.27. The second-order valence-electron chi connectivity index (χ2n) is 6.54. The van der Waals surface area contributed by atoms with Crippen LogP contribution in [0.5, 0.6) is 11.5 Å². The Kier molecular flexibility index (Phi) is 7.55. The Bertz CT molecular complexity index is 1070. The molecule has 7 nitrogen and oxygen atoms in total. The molecule has 3 rings (SSSR count). The zero-order chi connectivity index (χ0) is 22.2. The summed E-state index contributed by atoms with van der Waals surface area (Å²) >= 11 is 1.18. The Hall–Kier alpha value is -3.46. The number of hydrogen-bond donors (Lipinski definition) is 2. The smallest absolute Gasteiger partial charge is 0.260 e. The van der Waals surface area contributed by atoms with Gasteiger partial charge in [-0.15, -0.1) is 11.3 Å². The Balaban J connectivity index is 1.48. The van der Waals surface area contributed by atoms with E-state index in [4.69, 9.17) is 9.47 Å². The van der Waals surface area contributed by atoms with Gasteiger partial charge in [-0.05, 0) is 36.2 Å². The second-order valence-corrected chi connectivity index (χ2v) is 7.40. The molecule has 2 amide bonds. The van der Waals surface area contributed by atoms with Gasteiger partial charge in [0.1, 0.15) is 5.82 Å². The first-order valence-electron chi connectivity index (χ1n) is 9.48. The molecule has 0 saturated heterocycles. The van der Waals surface area contributed by atoms with Crippen LogP contribution in [0.3, 0.4) is 0 Å². The van der Waals surface area contributed by atoms with Crippen molar-refractivity contribution in [3.05, 3.63) is 70.5 Å². The fourth-order valence-electron chi connectivity index (χ4n) is 2.86. The monoisotopic (exact) mass is 443 g/mol. The average molecular weight is 444 g/mol. The summed E-state index contributed by atoms with van der Waals surface area (Å²) in [7, 11) is 3.15. The first kappa shape index (κ1) is 22.2. The highest BCUT2D eigenvalue weighted by molar-refractivity contribution is 7.14. The van der Waals surface area contributed by atoms with Gasteiger partial charge < -0.3 is 14.8 Å². The molecule has 0 spiro atoms. The third-order valence-electron chi connectivity index (χ3n) is 4.42. The SMILES string of the molecule is COc1ccc(CCNC(=O)Cc2csc(NC(=O)c3ccccc3F)n2)cc1OC. The van der Waals surface area contributed by atoms with Gasteiger partial charge in [0.2, 0.25) is 5.91 Å². The number of thiazole rings is 1. The number of nitrogens with one attached hydrogen (secondary N) is 2. The van der Waals surface area contributed by atoms with E-state index >= 15 is 0 Å². The number of carbonyl (C=O) groups excluding carboxylic acids is 2. The molecule has 1 aromatic heterocycles. The van der Waals surface area contributed by atoms with E-state index in [1.165, 1.54) is 29.5 Å². The van der Waals surface area contributed by atoms with Crippen LogP contribution in [-0.2, 0) is 17.6 Å². The molecule has 0 unspecified atom stereocenters. The molecule has 3 aromatic rings. The molecular formula is C22H22FN3O4S. The highest BCUT2D eigenvalue weighted by atomic mass is 32.1. The van der Waals surface area contributed by atoms with Gasteiger partial charge in [-0.1, -0.05) is 18.2 Å². The number of carbonyl (C=O) groups is 2. The standard InChI is InChI=1S/C22H22FN3O4S/c1-29-18-8-7-14(11-19(18)30-2)9-10-24-20(27)12-15-13-31-22(25-15)26-21(28)16-5-3-4-6-17(16)23/h3-8,11,13H,9-10,12H2,1-2H3,(H,24,27)(H,25,26,28). The molecule has 162 valence electrons. The van der Waals surface area contributed by atoms with Gasteiger partial charge in [0.25, 0.3) is 5.91 Å². The average Bonchev–Trinajstić information content (AvgIpc) is 3.20. The summed E-state index contributed by atoms with van der Waals surface area (Å²) in [6.07, 6.45) is 0.713. The summed E-state index contributed by atoms with van der Waals surface area (Å²) in [5, 5.41) is 7.39. The number of aromatic nitrogens is 1. The number of ether oxygens (including phenoxy) is 2. The lowest BCUT2D eigenvalue weighted by molar-refractivity contribution is -0.120. The normalized spacial score (nSPS) is 10.4. The van der Waals surface area contributed by atoms with Gasteiger partial charge in [-0.2, -0.15) is 0 Å². The first-order chi connectivity index (χ1) is 15.0. The maximum Gasteiger partial charge on any atom is 0.260 e. The minimum absolute atomic E-state index is 0.0628. The molecule has 0 saturated carbocycles. The van der Waals surface area contributed by atoms with Crippen molar-refractivity contribution in [1.82, 2.24) is 10.3 Å². The summed E-state index contributed by atoms with van der Waals surface area (Å²) in [6.45, 7) is 0.454. The second kappa shape index (κ2) is 10.5. The molecule has 0 aliphatic heterocycles. The van der Waals surface area contributed by atoms with Crippen LogP contribution in [0.4, 0.5) is 9.52 Å². The Morgan fingerprint density at radius 2 is 1.87 bits per heavy atom. The number of amides is 2. The molecule has 0 fully saturated rings. The van der Waals surface area contributed by atoms with Crippen molar-refractivity contribution in [2.24, 2.45) is 0 Å². The van der Waals surface area contributed by atoms with Gasteiger partial charge in [-0.3, -0.25) is 14.9 Å². The van der Waals surface area contributed by atoms with Crippen LogP contribution in [0.2, 0.25) is 0 Å². The van der Waals surface area contributed by atoms with Crippen molar-refractivity contribution in [3.63, 3.8) is 0 Å². The lowest BCUT2D eigenvalue weighted by Crippen LogP contribution is -2.27. The summed E-state index contributed by atoms with van der Waals surface area (Å²) in [5.74, 6) is -0.0859. The number of hydrogen-bond acceptors (Lipinski definition) is 6. The third kappa shape index (κ3) is 6.02. The summed E-state index contributed by atoms with van der Waals surface area (Å²) in [5.41, 5.74) is 1.47. The van der Waals surface area contributed by atoms with Crippen molar-refractivity contribution in [2.75, 3.05) is 26.1 Å². The first-order valence-corrected chi connectivity index (χ1v) is 10.4. The third-order valence-corrected chi connectivity index (χ3v) is 5.22. The highest BCUT2D eigenvalue weighted by Gasteiger charge is 2.14. The minimum Gasteiger partial charge on any atom is -0.493 e. The lowest BCUT2D eigenvalue weighted by Gasteiger charge is -2.10. The summed E-state index contributed by atoms with van der Waals surface area (Å²) < 4.78 is 24.2. The van der Waals surface area contributed by atoms with Crippen LogP contribution in [0, 0.1) is 5.82 Å². The molecule has 9 heteroatoms. The molecule has 2 aromatic carbocycles. The van der Waals surface area contributed by atoms with Gasteiger partial charge in [0.05, 0.1) is 31.9 Å². The molecule has 0 aliphatic rings. The fraction of sp³-hybridized carbons (Fsp3) is 0.227. The summed E-state index contributed by atoms with van der Waals surface area (Å²) in [4.78, 5) is 28.6. The van der Waals surface area contributed by atoms with E-state index < -0.39 is 11.7 Å². The van der Waals surface area contributed by atoms with Crippen LogP contribution in [-0.4, -0.2) is 37.6 Å². The molecule has 2 N–H and O–H groups in total. The van der Waals surface area contributed by atoms with E-state index in [1.54, 1.807) is 25.7 Å². The molecular weight excluding hydrogens is 421 g/mol. The molecule has 0 bridgehead atoms. The van der Waals surface area contributed by atoms with Crippen molar-refractivity contribution in [3.8, 4) is 11.5 Å². The van der Waals surface area contributed by atoms with Crippen LogP contribution in [0.1, 0.15) is 21.6 Å². The topological polar surface area (TPSA) is 89.6 Å². The maximum absolute atomic E-state index is 13.7. The van der Waals surface area contributed by atoms with E-state index in [0.717, 1.165) is 5.56 Å². The Morgan fingerprint density at radius 3 is 2.61 bits per heavy atom. The van der Waals surface area contributed by atoms with E-state index in [-0.39, 0.29) is 17.9 Å². The molecule has 0 radical (unpaired) electrons. The van der Waals surface area contributed by atoms with E-state index in [9.17, 15) is 14.0 Å². The van der Waals surface area contributed by atoms with Crippen LogP contribution < -0.4 is 20.1 Å². The van der Waals surface area contributed by atoms with Crippen LogP contribution >= 0.6 is 11.3 Å². The zero-order valence-electron chi connectivity index (χ0n) is 17.1. The van der Waals surface area contributed by atoms with Crippen LogP contribution in [0.15, 0.2) is 47.8 Å². The molecule has 0 aliphatic carbocycles. The predicted octanol–water partition coefficient (Wildman–Crippen LogP) is 3.45. The predicted molar refractivity (Wildman–Crippen MR) is 116 cm³/mol. The van der Waals surface area contributed by atoms with Gasteiger partial charge >= 0.3 is 0 Å². The van der Waals surface area contributed by atoms with E-state index in [2.05, 4.69) is 15.6 Å². The Labute approximate surface area is 183 Å². The number of nitrogens with zero attached hydrogens (tertiary/aromatic N) is 1. The summed E-state index contributed by atoms with van der Waals surface area (Å²) in [6, 6.07) is 11.3. The zero-order valence-corrected chi connectivity index (χ0v) is 17.9. The number of methoxy groups -OCH3 is 2. The molecule has 1 heterocycles. The molecule has 31 heavy (non-hydrogen) atoms. The Morgan fingerprint density at radius 1 is 1.10 bits per heavy atom. The van der Waals surface area contributed by atoms with Crippen molar-refractivity contribution < 1.29 is 23.5 Å². The largest absolute Gasteiger partial charge is 0.493 e. The van der Waals surface area contributed by atoms with E-state index in [0.29, 0.717) is 35.3 Å². The van der Waals surface area contributed by atoms with Crippen molar-refractivity contribution in [1.29, 1.82) is 0 Å². The number of halogens is 1. The van der Waals surface area contributed by atoms with Gasteiger partial charge in [-0.25, -0.2) is 9.37 Å². The number of benzene rings is 2. The van der Waals surface area contributed by atoms with Gasteiger partial charge in [0, 0.05) is 11.9 Å². The quantitative estimate of drug-likeness (QED) is 0.529.